The van der Waals surface area contributed by atoms with Crippen molar-refractivity contribution in [2.45, 2.75) is 25.3 Å². The lowest BCUT2D eigenvalue weighted by molar-refractivity contribution is -0.136. The molecule has 2 amide bonds. The summed E-state index contributed by atoms with van der Waals surface area (Å²) in [6, 6.07) is 16.0. The summed E-state index contributed by atoms with van der Waals surface area (Å²) in [6.07, 6.45) is 1.13. The van der Waals surface area contributed by atoms with Gasteiger partial charge in [-0.15, -0.1) is 0 Å². The number of nitrogens with zero attached hydrogens (tertiary/aromatic N) is 2. The first-order valence-electron chi connectivity index (χ1n) is 8.36. The summed E-state index contributed by atoms with van der Waals surface area (Å²) >= 11 is 0. The summed E-state index contributed by atoms with van der Waals surface area (Å²) in [5.41, 5.74) is 4.35. The molecule has 24 heavy (non-hydrogen) atoms. The Morgan fingerprint density at radius 2 is 1.75 bits per heavy atom. The number of fused-ring (bicyclic) bond motifs is 2. The highest BCUT2D eigenvalue weighted by atomic mass is 16.2. The molecule has 2 aromatic carbocycles. The van der Waals surface area contributed by atoms with Gasteiger partial charge in [0.1, 0.15) is 0 Å². The van der Waals surface area contributed by atoms with Gasteiger partial charge >= 0.3 is 0 Å². The second-order valence-corrected chi connectivity index (χ2v) is 6.55. The second kappa shape index (κ2) is 5.78. The first kappa shape index (κ1) is 14.9. The Labute approximate surface area is 141 Å². The lowest BCUT2D eigenvalue weighted by Gasteiger charge is -2.36. The van der Waals surface area contributed by atoms with E-state index in [1.807, 2.05) is 41.3 Å². The third-order valence-electron chi connectivity index (χ3n) is 5.17. The summed E-state index contributed by atoms with van der Waals surface area (Å²) in [4.78, 5) is 29.0. The number of hydrogen-bond donors (Lipinski definition) is 0. The van der Waals surface area contributed by atoms with E-state index in [1.165, 1.54) is 11.1 Å². The molecule has 2 aliphatic heterocycles. The molecule has 0 fully saturated rings. The quantitative estimate of drug-likeness (QED) is 0.810. The molecule has 1 atom stereocenters. The van der Waals surface area contributed by atoms with Gasteiger partial charge < -0.3 is 9.80 Å². The van der Waals surface area contributed by atoms with Crippen LogP contribution in [0.25, 0.3) is 0 Å². The minimum atomic E-state index is -0.366. The summed E-state index contributed by atoms with van der Waals surface area (Å²) in [5.74, 6) is -0.293. The number of anilines is 1. The van der Waals surface area contributed by atoms with E-state index in [9.17, 15) is 9.59 Å². The first-order chi connectivity index (χ1) is 11.6. The molecule has 2 aliphatic rings. The van der Waals surface area contributed by atoms with Crippen molar-refractivity contribution in [3.8, 4) is 0 Å². The van der Waals surface area contributed by atoms with Crippen LogP contribution >= 0.6 is 0 Å². The Hall–Kier alpha value is -2.62. The number of carbonyl (C=O) groups is 2. The maximum absolute atomic E-state index is 13.1. The third-order valence-corrected chi connectivity index (χ3v) is 5.17. The van der Waals surface area contributed by atoms with Crippen LogP contribution in [0.3, 0.4) is 0 Å². The van der Waals surface area contributed by atoms with Crippen LogP contribution in [0.4, 0.5) is 5.69 Å². The molecule has 4 heteroatoms. The van der Waals surface area contributed by atoms with Crippen molar-refractivity contribution in [2.75, 3.05) is 18.5 Å². The Morgan fingerprint density at radius 1 is 1.04 bits per heavy atom. The molecule has 0 aliphatic carbocycles. The van der Waals surface area contributed by atoms with Gasteiger partial charge in [0, 0.05) is 32.2 Å². The molecule has 0 radical (unpaired) electrons. The zero-order valence-electron chi connectivity index (χ0n) is 13.7. The smallest absolute Gasteiger partial charge is 0.231 e. The lowest BCUT2D eigenvalue weighted by atomic mass is 9.87. The number of carbonyl (C=O) groups excluding carboxylic acids is 2. The van der Waals surface area contributed by atoms with Crippen molar-refractivity contribution in [3.63, 3.8) is 0 Å². The highest BCUT2D eigenvalue weighted by molar-refractivity contribution is 6.02. The van der Waals surface area contributed by atoms with Crippen LogP contribution in [0.2, 0.25) is 0 Å². The van der Waals surface area contributed by atoms with Gasteiger partial charge in [-0.1, -0.05) is 42.5 Å². The van der Waals surface area contributed by atoms with Crippen LogP contribution in [0.1, 0.15) is 29.0 Å². The van der Waals surface area contributed by atoms with Crippen molar-refractivity contribution in [2.24, 2.45) is 0 Å². The van der Waals surface area contributed by atoms with Crippen LogP contribution in [-0.4, -0.2) is 30.3 Å². The summed E-state index contributed by atoms with van der Waals surface area (Å²) < 4.78 is 0. The molecule has 4 nitrogen and oxygen atoms in total. The van der Waals surface area contributed by atoms with Gasteiger partial charge in [-0.05, 0) is 29.2 Å². The zero-order valence-corrected chi connectivity index (χ0v) is 13.7. The average Bonchev–Trinajstić information content (AvgIpc) is 2.64. The molecular weight excluding hydrogens is 300 g/mol. The maximum atomic E-state index is 13.1. The van der Waals surface area contributed by atoms with Crippen LogP contribution in [-0.2, 0) is 22.6 Å². The van der Waals surface area contributed by atoms with Gasteiger partial charge in [0.05, 0.1) is 5.92 Å². The highest BCUT2D eigenvalue weighted by Gasteiger charge is 2.36. The molecule has 2 aromatic rings. The van der Waals surface area contributed by atoms with Crippen LogP contribution in [0, 0.1) is 0 Å². The van der Waals surface area contributed by atoms with Crippen LogP contribution in [0.15, 0.2) is 48.5 Å². The SMILES string of the molecule is CN1C(=O)CC(C(=O)N2CCc3ccccc3C2)c2ccccc21. The van der Waals surface area contributed by atoms with Crippen LogP contribution < -0.4 is 4.90 Å². The molecular formula is C20H20N2O2. The van der Waals surface area contributed by atoms with Gasteiger partial charge in [0.15, 0.2) is 0 Å². The van der Waals surface area contributed by atoms with Crippen molar-refractivity contribution >= 4 is 17.5 Å². The Bertz CT molecular complexity index is 815. The molecule has 0 bridgehead atoms. The van der Waals surface area contributed by atoms with E-state index >= 15 is 0 Å². The third kappa shape index (κ3) is 2.39. The Morgan fingerprint density at radius 3 is 2.58 bits per heavy atom. The molecule has 0 spiro atoms. The normalized spacial score (nSPS) is 19.7. The van der Waals surface area contributed by atoms with E-state index in [4.69, 9.17) is 0 Å². The van der Waals surface area contributed by atoms with E-state index in [0.717, 1.165) is 24.2 Å². The van der Waals surface area contributed by atoms with Gasteiger partial charge in [0.2, 0.25) is 11.8 Å². The van der Waals surface area contributed by atoms with E-state index in [1.54, 1.807) is 11.9 Å². The van der Waals surface area contributed by atoms with Crippen molar-refractivity contribution in [1.82, 2.24) is 4.90 Å². The molecule has 2 heterocycles. The largest absolute Gasteiger partial charge is 0.337 e. The zero-order chi connectivity index (χ0) is 16.7. The van der Waals surface area contributed by atoms with Crippen molar-refractivity contribution < 1.29 is 9.59 Å². The molecule has 0 N–H and O–H groups in total. The maximum Gasteiger partial charge on any atom is 0.231 e. The summed E-state index contributed by atoms with van der Waals surface area (Å²) in [6.45, 7) is 1.36. The number of para-hydroxylation sites is 1. The molecule has 0 saturated heterocycles. The predicted molar refractivity (Wildman–Crippen MR) is 92.8 cm³/mol. The molecule has 0 saturated carbocycles. The average molecular weight is 320 g/mol. The topological polar surface area (TPSA) is 40.6 Å². The summed E-state index contributed by atoms with van der Waals surface area (Å²) in [7, 11) is 1.78. The molecule has 1 unspecified atom stereocenters. The van der Waals surface area contributed by atoms with Crippen LogP contribution in [0.5, 0.6) is 0 Å². The van der Waals surface area contributed by atoms with E-state index in [2.05, 4.69) is 12.1 Å². The fraction of sp³-hybridized carbons (Fsp3) is 0.300. The molecule has 122 valence electrons. The van der Waals surface area contributed by atoms with Gasteiger partial charge in [-0.3, -0.25) is 9.59 Å². The molecule has 4 rings (SSSR count). The number of rotatable bonds is 1. The minimum absolute atomic E-state index is 0.00413. The van der Waals surface area contributed by atoms with E-state index in [-0.39, 0.29) is 24.2 Å². The Balaban J connectivity index is 1.64. The summed E-state index contributed by atoms with van der Waals surface area (Å²) in [5, 5.41) is 0. The van der Waals surface area contributed by atoms with E-state index < -0.39 is 0 Å². The first-order valence-corrected chi connectivity index (χ1v) is 8.36. The lowest BCUT2D eigenvalue weighted by Crippen LogP contribution is -2.43. The van der Waals surface area contributed by atoms with Gasteiger partial charge in [-0.25, -0.2) is 0 Å². The van der Waals surface area contributed by atoms with Crippen molar-refractivity contribution in [3.05, 3.63) is 65.2 Å². The number of benzene rings is 2. The van der Waals surface area contributed by atoms with Gasteiger partial charge in [-0.2, -0.15) is 0 Å². The predicted octanol–water partition coefficient (Wildman–Crippen LogP) is 2.72. The standard InChI is InChI=1S/C20H20N2O2/c1-21-18-9-5-4-8-16(18)17(12-19(21)23)20(24)22-11-10-14-6-2-3-7-15(14)13-22/h2-9,17H,10-13H2,1H3. The number of amides is 2. The number of hydrogen-bond acceptors (Lipinski definition) is 2. The monoisotopic (exact) mass is 320 g/mol. The minimum Gasteiger partial charge on any atom is -0.337 e. The van der Waals surface area contributed by atoms with E-state index in [0.29, 0.717) is 6.54 Å². The second-order valence-electron chi connectivity index (χ2n) is 6.55. The van der Waals surface area contributed by atoms with Gasteiger partial charge in [0.25, 0.3) is 0 Å². The Kier molecular flexibility index (Phi) is 3.60. The molecule has 0 aromatic heterocycles. The highest BCUT2D eigenvalue weighted by Crippen LogP contribution is 2.37. The van der Waals surface area contributed by atoms with Crippen molar-refractivity contribution in [1.29, 1.82) is 0 Å². The fourth-order valence-corrected chi connectivity index (χ4v) is 3.77. The fourth-order valence-electron chi connectivity index (χ4n) is 3.77.